The lowest BCUT2D eigenvalue weighted by atomic mass is 10.1. The summed E-state index contributed by atoms with van der Waals surface area (Å²) >= 11 is 0.815. The Morgan fingerprint density at radius 1 is 0.886 bits per heavy atom. The van der Waals surface area contributed by atoms with Gasteiger partial charge in [-0.1, -0.05) is 36.4 Å². The molecule has 1 aliphatic heterocycles. The fourth-order valence-corrected chi connectivity index (χ4v) is 4.16. The van der Waals surface area contributed by atoms with Crippen molar-refractivity contribution in [2.24, 2.45) is 0 Å². The van der Waals surface area contributed by atoms with Crippen LogP contribution in [0.15, 0.2) is 77.7 Å². The number of amides is 2. The normalized spacial score (nSPS) is 14.4. The lowest BCUT2D eigenvalue weighted by Gasteiger charge is -2.12. The Bertz CT molecular complexity index is 1340. The van der Waals surface area contributed by atoms with E-state index in [0.29, 0.717) is 22.4 Å². The quantitative estimate of drug-likeness (QED) is 0.235. The fourth-order valence-electron chi connectivity index (χ4n) is 3.33. The maximum atomic E-state index is 12.7. The Hall–Kier alpha value is -4.51. The maximum absolute atomic E-state index is 12.7. The van der Waals surface area contributed by atoms with Crippen LogP contribution >= 0.6 is 11.8 Å². The summed E-state index contributed by atoms with van der Waals surface area (Å²) in [6.45, 7) is 0.0381. The highest BCUT2D eigenvalue weighted by Gasteiger charge is 2.35. The third-order valence-corrected chi connectivity index (χ3v) is 6.03. The second-order valence-electron chi connectivity index (χ2n) is 7.43. The number of para-hydroxylation sites is 1. The molecule has 0 atom stereocenters. The number of benzene rings is 3. The van der Waals surface area contributed by atoms with E-state index in [4.69, 9.17) is 4.74 Å². The van der Waals surface area contributed by atoms with E-state index in [-0.39, 0.29) is 29.4 Å². The van der Waals surface area contributed by atoms with Crippen LogP contribution in [0, 0.1) is 20.2 Å². The van der Waals surface area contributed by atoms with Crippen LogP contribution < -0.4 is 4.74 Å². The average Bonchev–Trinajstić information content (AvgIpc) is 3.11. The third kappa shape index (κ3) is 5.53. The molecule has 0 bridgehead atoms. The maximum Gasteiger partial charge on any atom is 0.293 e. The van der Waals surface area contributed by atoms with E-state index in [0.717, 1.165) is 16.7 Å². The van der Waals surface area contributed by atoms with Crippen molar-refractivity contribution in [3.05, 3.63) is 115 Å². The van der Waals surface area contributed by atoms with Gasteiger partial charge in [0.05, 0.1) is 26.9 Å². The molecule has 0 radical (unpaired) electrons. The van der Waals surface area contributed by atoms with Crippen LogP contribution in [0.2, 0.25) is 0 Å². The number of hydrogen-bond donors (Lipinski definition) is 0. The molecule has 176 valence electrons. The van der Waals surface area contributed by atoms with Crippen molar-refractivity contribution in [1.82, 2.24) is 4.90 Å². The highest BCUT2D eigenvalue weighted by atomic mass is 32.2. The van der Waals surface area contributed by atoms with Gasteiger partial charge in [-0.2, -0.15) is 0 Å². The second-order valence-corrected chi connectivity index (χ2v) is 8.43. The number of carbonyl (C=O) groups is 2. The van der Waals surface area contributed by atoms with Gasteiger partial charge in [-0.3, -0.25) is 34.7 Å². The number of imide groups is 1. The first-order valence-corrected chi connectivity index (χ1v) is 11.1. The Kier molecular flexibility index (Phi) is 6.88. The number of carbonyl (C=O) groups excluding carboxylic acids is 2. The highest BCUT2D eigenvalue weighted by Crippen LogP contribution is 2.33. The first-order valence-electron chi connectivity index (χ1n) is 10.3. The van der Waals surface area contributed by atoms with Crippen molar-refractivity contribution in [2.75, 3.05) is 0 Å². The van der Waals surface area contributed by atoms with Crippen molar-refractivity contribution in [3.8, 4) is 5.75 Å². The molecule has 3 aromatic rings. The van der Waals surface area contributed by atoms with Gasteiger partial charge in [0.2, 0.25) is 0 Å². The number of hydrogen-bond acceptors (Lipinski definition) is 8. The van der Waals surface area contributed by atoms with Gasteiger partial charge in [-0.15, -0.1) is 0 Å². The Balaban J connectivity index is 1.40. The Labute approximate surface area is 203 Å². The second kappa shape index (κ2) is 10.2. The van der Waals surface area contributed by atoms with Gasteiger partial charge in [-0.25, -0.2) is 0 Å². The summed E-state index contributed by atoms with van der Waals surface area (Å²) in [7, 11) is 0. The van der Waals surface area contributed by atoms with Crippen molar-refractivity contribution in [2.45, 2.75) is 13.2 Å². The van der Waals surface area contributed by atoms with Gasteiger partial charge < -0.3 is 4.74 Å². The van der Waals surface area contributed by atoms with E-state index in [1.54, 1.807) is 48.5 Å². The van der Waals surface area contributed by atoms with E-state index in [9.17, 15) is 29.8 Å². The summed E-state index contributed by atoms with van der Waals surface area (Å²) in [4.78, 5) is 47.4. The molecule has 0 spiro atoms. The summed E-state index contributed by atoms with van der Waals surface area (Å²) in [6, 6.07) is 18.7. The van der Waals surface area contributed by atoms with Crippen molar-refractivity contribution >= 4 is 40.4 Å². The summed E-state index contributed by atoms with van der Waals surface area (Å²) < 4.78 is 5.65. The first kappa shape index (κ1) is 23.6. The fraction of sp³-hybridized carbons (Fsp3) is 0.0833. The van der Waals surface area contributed by atoms with Crippen LogP contribution in [0.3, 0.4) is 0 Å². The minimum absolute atomic E-state index is 0.0123. The van der Waals surface area contributed by atoms with Gasteiger partial charge in [-0.05, 0) is 47.2 Å². The standard InChI is InChI=1S/C24H17N3O7S/c28-23-22(35-24(29)25(23)14-17-5-9-19(10-6-17)26(30)31)13-16-7-11-20(12-8-16)34-15-18-3-1-2-4-21(18)27(32)33/h1-13H,14-15H2/b22-13-. The molecule has 1 saturated heterocycles. The SMILES string of the molecule is O=C1S/C(=C\c2ccc(OCc3ccccc3[N+](=O)[O-])cc2)C(=O)N1Cc1ccc([N+](=O)[O-])cc1. The van der Waals surface area contributed by atoms with E-state index < -0.39 is 21.0 Å². The molecule has 0 unspecified atom stereocenters. The zero-order valence-electron chi connectivity index (χ0n) is 18.0. The molecular formula is C24H17N3O7S. The predicted molar refractivity (Wildman–Crippen MR) is 128 cm³/mol. The van der Waals surface area contributed by atoms with Crippen LogP contribution in [-0.4, -0.2) is 25.9 Å². The zero-order chi connectivity index (χ0) is 24.9. The minimum Gasteiger partial charge on any atom is -0.489 e. The van der Waals surface area contributed by atoms with Crippen molar-refractivity contribution < 1.29 is 24.2 Å². The molecule has 11 heteroatoms. The van der Waals surface area contributed by atoms with Crippen LogP contribution in [0.4, 0.5) is 16.2 Å². The van der Waals surface area contributed by atoms with E-state index in [1.807, 2.05) is 0 Å². The lowest BCUT2D eigenvalue weighted by Crippen LogP contribution is -2.27. The molecular weight excluding hydrogens is 474 g/mol. The van der Waals surface area contributed by atoms with Crippen molar-refractivity contribution in [3.63, 3.8) is 0 Å². The Morgan fingerprint density at radius 3 is 2.23 bits per heavy atom. The van der Waals surface area contributed by atoms with Crippen LogP contribution in [0.5, 0.6) is 5.75 Å². The van der Waals surface area contributed by atoms with Crippen molar-refractivity contribution in [1.29, 1.82) is 0 Å². The van der Waals surface area contributed by atoms with Gasteiger partial charge in [0.25, 0.3) is 22.5 Å². The Morgan fingerprint density at radius 2 is 1.57 bits per heavy atom. The summed E-state index contributed by atoms with van der Waals surface area (Å²) in [5.41, 5.74) is 1.62. The molecule has 2 amide bonds. The number of nitro benzene ring substituents is 2. The number of ether oxygens (including phenoxy) is 1. The number of thioether (sulfide) groups is 1. The van der Waals surface area contributed by atoms with E-state index in [1.165, 1.54) is 30.3 Å². The minimum atomic E-state index is -0.519. The van der Waals surface area contributed by atoms with Crippen LogP contribution in [-0.2, 0) is 17.9 Å². The summed E-state index contributed by atoms with van der Waals surface area (Å²) in [5.74, 6) is 0.0432. The molecule has 0 saturated carbocycles. The molecule has 0 aromatic heterocycles. The number of nitrogens with zero attached hydrogens (tertiary/aromatic N) is 3. The van der Waals surface area contributed by atoms with E-state index >= 15 is 0 Å². The van der Waals surface area contributed by atoms with Gasteiger partial charge in [0.1, 0.15) is 12.4 Å². The topological polar surface area (TPSA) is 133 Å². The molecule has 0 aliphatic carbocycles. The first-order chi connectivity index (χ1) is 16.8. The third-order valence-electron chi connectivity index (χ3n) is 5.12. The largest absolute Gasteiger partial charge is 0.489 e. The molecule has 10 nitrogen and oxygen atoms in total. The number of rotatable bonds is 8. The number of nitro groups is 2. The summed E-state index contributed by atoms with van der Waals surface area (Å²) in [5, 5.41) is 21.5. The van der Waals surface area contributed by atoms with Gasteiger partial charge in [0, 0.05) is 18.2 Å². The van der Waals surface area contributed by atoms with E-state index in [2.05, 4.69) is 0 Å². The van der Waals surface area contributed by atoms with Gasteiger partial charge >= 0.3 is 0 Å². The monoisotopic (exact) mass is 491 g/mol. The predicted octanol–water partition coefficient (Wildman–Crippen LogP) is 5.32. The molecule has 3 aromatic carbocycles. The highest BCUT2D eigenvalue weighted by molar-refractivity contribution is 8.18. The zero-order valence-corrected chi connectivity index (χ0v) is 18.8. The van der Waals surface area contributed by atoms with Crippen LogP contribution in [0.25, 0.3) is 6.08 Å². The van der Waals surface area contributed by atoms with Gasteiger partial charge in [0.15, 0.2) is 0 Å². The lowest BCUT2D eigenvalue weighted by molar-refractivity contribution is -0.385. The smallest absolute Gasteiger partial charge is 0.293 e. The molecule has 35 heavy (non-hydrogen) atoms. The average molecular weight is 491 g/mol. The molecule has 4 rings (SSSR count). The number of non-ortho nitro benzene ring substituents is 1. The molecule has 1 aliphatic rings. The summed E-state index contributed by atoms with van der Waals surface area (Å²) in [6.07, 6.45) is 1.59. The molecule has 0 N–H and O–H groups in total. The van der Waals surface area contributed by atoms with Crippen LogP contribution in [0.1, 0.15) is 16.7 Å². The molecule has 1 fully saturated rings. The molecule has 1 heterocycles.